The summed E-state index contributed by atoms with van der Waals surface area (Å²) >= 11 is 0. The number of hydrogen-bond acceptors (Lipinski definition) is 12. The number of hydrazone groups is 1. The number of fused-ring (bicyclic) bond motifs is 2. The Morgan fingerprint density at radius 1 is 1.00 bits per heavy atom. The fraction of sp³-hybridized carbons (Fsp3) is 0.100. The van der Waals surface area contributed by atoms with E-state index < -0.39 is 5.91 Å². The predicted molar refractivity (Wildman–Crippen MR) is 113 cm³/mol. The molecule has 170 valence electrons. The number of ether oxygens (including phenoxy) is 4. The maximum Gasteiger partial charge on any atom is 0.294 e. The monoisotopic (exact) mass is 462 g/mol. The molecular weight excluding hydrogens is 448 g/mol. The molecule has 2 aromatic heterocycles. The lowest BCUT2D eigenvalue weighted by molar-refractivity contribution is 0.0950. The van der Waals surface area contributed by atoms with E-state index in [1.807, 2.05) is 0 Å². The Labute approximate surface area is 189 Å². The second-order valence-corrected chi connectivity index (χ2v) is 7.05. The van der Waals surface area contributed by atoms with Crippen LogP contribution in [0.4, 0.5) is 5.82 Å². The maximum absolute atomic E-state index is 13.0. The van der Waals surface area contributed by atoms with Crippen LogP contribution in [-0.4, -0.2) is 51.0 Å². The van der Waals surface area contributed by atoms with Crippen molar-refractivity contribution in [3.05, 3.63) is 47.7 Å². The second kappa shape index (κ2) is 7.77. The number of nitrogens with zero attached hydrogens (tertiary/aromatic N) is 6. The number of hydrogen-bond donors (Lipinski definition) is 2. The van der Waals surface area contributed by atoms with Crippen molar-refractivity contribution in [3.63, 3.8) is 0 Å². The first kappa shape index (κ1) is 19.5. The summed E-state index contributed by atoms with van der Waals surface area (Å²) in [5.74, 6) is 1.75. The normalized spacial score (nSPS) is 13.5. The van der Waals surface area contributed by atoms with Crippen LogP contribution in [0.25, 0.3) is 17.1 Å². The SMILES string of the molecule is Nc1nonc1-n1nnc(C(=O)N/N=C\c2ccc3c(c2)OCO3)c1-c1ccc2c(c1)OCO2. The summed E-state index contributed by atoms with van der Waals surface area (Å²) < 4.78 is 27.4. The highest BCUT2D eigenvalue weighted by atomic mass is 16.7. The van der Waals surface area contributed by atoms with Crippen LogP contribution in [0.15, 0.2) is 46.1 Å². The Balaban J connectivity index is 1.33. The molecule has 4 aromatic rings. The van der Waals surface area contributed by atoms with E-state index in [0.29, 0.717) is 34.1 Å². The van der Waals surface area contributed by atoms with Crippen molar-refractivity contribution in [1.29, 1.82) is 0 Å². The lowest BCUT2D eigenvalue weighted by atomic mass is 10.1. The van der Waals surface area contributed by atoms with Gasteiger partial charge in [-0.05, 0) is 52.3 Å². The number of nitrogen functional groups attached to an aromatic ring is 1. The zero-order valence-electron chi connectivity index (χ0n) is 17.2. The zero-order chi connectivity index (χ0) is 23.1. The number of aromatic nitrogens is 5. The minimum atomic E-state index is -0.620. The van der Waals surface area contributed by atoms with Crippen molar-refractivity contribution >= 4 is 17.9 Å². The summed E-state index contributed by atoms with van der Waals surface area (Å²) in [4.78, 5) is 13.0. The summed E-state index contributed by atoms with van der Waals surface area (Å²) in [6, 6.07) is 10.4. The quantitative estimate of drug-likeness (QED) is 0.321. The minimum absolute atomic E-state index is 0.0281. The van der Waals surface area contributed by atoms with E-state index in [9.17, 15) is 4.79 Å². The van der Waals surface area contributed by atoms with Crippen LogP contribution in [0.3, 0.4) is 0 Å². The molecule has 34 heavy (non-hydrogen) atoms. The maximum atomic E-state index is 13.0. The molecule has 0 bridgehead atoms. The number of rotatable bonds is 5. The third-order valence-corrected chi connectivity index (χ3v) is 5.00. The molecule has 1 amide bonds. The molecular formula is C20H14N8O6. The van der Waals surface area contributed by atoms with Gasteiger partial charge in [0.05, 0.1) is 6.21 Å². The topological polar surface area (TPSA) is 174 Å². The van der Waals surface area contributed by atoms with E-state index in [0.717, 1.165) is 0 Å². The lowest BCUT2D eigenvalue weighted by Gasteiger charge is -2.07. The standard InChI is InChI=1S/C20H14N8O6/c21-18-19(26-34-25-18)28-17(11-2-4-13-15(6-11)33-9-31-13)16(23-27-28)20(29)24-22-7-10-1-3-12-14(5-10)32-8-30-12/h1-7H,8-9H2,(H2,21,25)(H,24,29)/b22-7-. The highest BCUT2D eigenvalue weighted by Crippen LogP contribution is 2.37. The molecule has 14 nitrogen and oxygen atoms in total. The van der Waals surface area contributed by atoms with Crippen LogP contribution in [0, 0.1) is 0 Å². The fourth-order valence-electron chi connectivity index (χ4n) is 3.44. The Bertz CT molecular complexity index is 1440. The molecule has 0 fully saturated rings. The summed E-state index contributed by atoms with van der Waals surface area (Å²) in [5, 5.41) is 19.4. The molecule has 0 saturated heterocycles. The molecule has 0 atom stereocenters. The van der Waals surface area contributed by atoms with Gasteiger partial charge in [-0.3, -0.25) is 4.79 Å². The smallest absolute Gasteiger partial charge is 0.294 e. The van der Waals surface area contributed by atoms with Gasteiger partial charge in [-0.15, -0.1) is 5.10 Å². The van der Waals surface area contributed by atoms with Crippen molar-refractivity contribution < 1.29 is 28.4 Å². The molecule has 2 aromatic carbocycles. The number of nitrogens with two attached hydrogens (primary N) is 1. The zero-order valence-corrected chi connectivity index (χ0v) is 17.2. The first-order valence-electron chi connectivity index (χ1n) is 9.84. The first-order chi connectivity index (χ1) is 16.7. The van der Waals surface area contributed by atoms with Gasteiger partial charge in [-0.1, -0.05) is 5.21 Å². The first-order valence-corrected chi connectivity index (χ1v) is 9.84. The van der Waals surface area contributed by atoms with Crippen LogP contribution >= 0.6 is 0 Å². The van der Waals surface area contributed by atoms with Gasteiger partial charge in [-0.25, -0.2) is 10.1 Å². The highest BCUT2D eigenvalue weighted by molar-refractivity contribution is 5.99. The van der Waals surface area contributed by atoms with Crippen LogP contribution in [0.1, 0.15) is 16.1 Å². The van der Waals surface area contributed by atoms with Gasteiger partial charge < -0.3 is 24.7 Å². The van der Waals surface area contributed by atoms with Crippen LogP contribution in [0.5, 0.6) is 23.0 Å². The third-order valence-electron chi connectivity index (χ3n) is 5.00. The van der Waals surface area contributed by atoms with Gasteiger partial charge in [0.15, 0.2) is 28.7 Å². The molecule has 14 heteroatoms. The molecule has 0 saturated carbocycles. The molecule has 6 rings (SSSR count). The number of carbonyl (C=O) groups is 1. The van der Waals surface area contributed by atoms with Crippen LogP contribution < -0.4 is 30.1 Å². The predicted octanol–water partition coefficient (Wildman–Crippen LogP) is 1.12. The molecule has 0 unspecified atom stereocenters. The number of carbonyl (C=O) groups excluding carboxylic acids is 1. The van der Waals surface area contributed by atoms with Crippen molar-refractivity contribution in [2.75, 3.05) is 19.3 Å². The van der Waals surface area contributed by atoms with E-state index in [-0.39, 0.29) is 36.6 Å². The molecule has 2 aliphatic heterocycles. The lowest BCUT2D eigenvalue weighted by Crippen LogP contribution is -2.19. The number of nitrogens with one attached hydrogen (secondary N) is 1. The summed E-state index contributed by atoms with van der Waals surface area (Å²) in [5.41, 5.74) is 9.76. The molecule has 0 spiro atoms. The highest BCUT2D eigenvalue weighted by Gasteiger charge is 2.26. The number of benzene rings is 2. The van der Waals surface area contributed by atoms with Gasteiger partial charge in [0, 0.05) is 5.56 Å². The Morgan fingerprint density at radius 3 is 2.50 bits per heavy atom. The summed E-state index contributed by atoms with van der Waals surface area (Å²) in [6.07, 6.45) is 1.46. The Kier molecular flexibility index (Phi) is 4.47. The molecule has 4 heterocycles. The molecule has 2 aliphatic rings. The van der Waals surface area contributed by atoms with E-state index in [1.54, 1.807) is 36.4 Å². The Morgan fingerprint density at radius 2 is 1.74 bits per heavy atom. The van der Waals surface area contributed by atoms with E-state index >= 15 is 0 Å². The molecule has 0 radical (unpaired) electrons. The fourth-order valence-corrected chi connectivity index (χ4v) is 3.44. The van der Waals surface area contributed by atoms with Crippen molar-refractivity contribution in [2.24, 2.45) is 5.10 Å². The van der Waals surface area contributed by atoms with Crippen molar-refractivity contribution in [1.82, 2.24) is 30.7 Å². The van der Waals surface area contributed by atoms with E-state index in [4.69, 9.17) is 24.7 Å². The van der Waals surface area contributed by atoms with Crippen molar-refractivity contribution in [2.45, 2.75) is 0 Å². The van der Waals surface area contributed by atoms with Gasteiger partial charge in [0.25, 0.3) is 5.91 Å². The number of anilines is 1. The van der Waals surface area contributed by atoms with Crippen LogP contribution in [-0.2, 0) is 0 Å². The van der Waals surface area contributed by atoms with Gasteiger partial charge >= 0.3 is 0 Å². The largest absolute Gasteiger partial charge is 0.454 e. The van der Waals surface area contributed by atoms with E-state index in [1.165, 1.54) is 10.9 Å². The average Bonchev–Trinajstić information content (AvgIpc) is 3.63. The summed E-state index contributed by atoms with van der Waals surface area (Å²) in [7, 11) is 0. The Hall–Kier alpha value is -5.14. The molecule has 3 N–H and O–H groups in total. The average molecular weight is 462 g/mol. The van der Waals surface area contributed by atoms with E-state index in [2.05, 4.69) is 35.8 Å². The van der Waals surface area contributed by atoms with Crippen molar-refractivity contribution in [3.8, 4) is 40.1 Å². The van der Waals surface area contributed by atoms with Crippen LogP contribution in [0.2, 0.25) is 0 Å². The van der Waals surface area contributed by atoms with Gasteiger partial charge in [-0.2, -0.15) is 9.78 Å². The third kappa shape index (κ3) is 3.29. The second-order valence-electron chi connectivity index (χ2n) is 7.05. The van der Waals surface area contributed by atoms with Gasteiger partial charge in [0.1, 0.15) is 5.69 Å². The van der Waals surface area contributed by atoms with Gasteiger partial charge in [0.2, 0.25) is 25.2 Å². The number of amides is 1. The molecule has 0 aliphatic carbocycles. The minimum Gasteiger partial charge on any atom is -0.454 e. The summed E-state index contributed by atoms with van der Waals surface area (Å²) in [6.45, 7) is 0.259.